The summed E-state index contributed by atoms with van der Waals surface area (Å²) in [7, 11) is -3.14. The third-order valence-electron chi connectivity index (χ3n) is 4.42. The van der Waals surface area contributed by atoms with Gasteiger partial charge >= 0.3 is 0 Å². The molecular weight excluding hydrogens is 322 g/mol. The highest BCUT2D eigenvalue weighted by molar-refractivity contribution is 7.91. The van der Waals surface area contributed by atoms with E-state index in [2.05, 4.69) is 17.4 Å². The summed E-state index contributed by atoms with van der Waals surface area (Å²) in [6.45, 7) is 2.38. The van der Waals surface area contributed by atoms with Crippen LogP contribution in [0.2, 0.25) is 0 Å². The highest BCUT2D eigenvalue weighted by Gasteiger charge is 2.23. The molecule has 0 spiro atoms. The standard InChI is InChI=1S/C19H23NO3S/c1-2-24(21,22)18-10-8-16(9-11-18)20-17-12-13-23-19(14-17)15-6-4-3-5-7-15/h3-11,17,19-20H,2,12-14H2,1H3/t17-,19+/m1/s1. The number of anilines is 1. The molecule has 24 heavy (non-hydrogen) atoms. The quantitative estimate of drug-likeness (QED) is 0.895. The van der Waals surface area contributed by atoms with E-state index in [1.54, 1.807) is 19.1 Å². The second-order valence-electron chi connectivity index (χ2n) is 6.06. The van der Waals surface area contributed by atoms with E-state index >= 15 is 0 Å². The van der Waals surface area contributed by atoms with Gasteiger partial charge in [-0.2, -0.15) is 0 Å². The first-order chi connectivity index (χ1) is 11.6. The molecule has 0 aliphatic carbocycles. The Morgan fingerprint density at radius 3 is 2.46 bits per heavy atom. The van der Waals surface area contributed by atoms with Crippen LogP contribution in [0.1, 0.15) is 31.4 Å². The average molecular weight is 345 g/mol. The van der Waals surface area contributed by atoms with E-state index in [0.717, 1.165) is 25.1 Å². The van der Waals surface area contributed by atoms with Crippen LogP contribution in [0.4, 0.5) is 5.69 Å². The molecule has 2 atom stereocenters. The largest absolute Gasteiger partial charge is 0.382 e. The molecule has 1 aliphatic heterocycles. The zero-order valence-corrected chi connectivity index (χ0v) is 14.6. The fourth-order valence-corrected chi connectivity index (χ4v) is 3.87. The summed E-state index contributed by atoms with van der Waals surface area (Å²) in [5.41, 5.74) is 2.15. The molecule has 0 amide bonds. The molecule has 1 aliphatic rings. The van der Waals surface area contributed by atoms with E-state index < -0.39 is 9.84 Å². The molecule has 1 heterocycles. The van der Waals surface area contributed by atoms with Crippen molar-refractivity contribution in [1.29, 1.82) is 0 Å². The van der Waals surface area contributed by atoms with Crippen molar-refractivity contribution in [3.8, 4) is 0 Å². The maximum atomic E-state index is 11.9. The van der Waals surface area contributed by atoms with Gasteiger partial charge in [0, 0.05) is 18.3 Å². The summed E-state index contributed by atoms with van der Waals surface area (Å²) in [5, 5.41) is 3.50. The second kappa shape index (κ2) is 7.36. The van der Waals surface area contributed by atoms with Gasteiger partial charge in [0.25, 0.3) is 0 Å². The Kier molecular flexibility index (Phi) is 5.21. The molecule has 4 nitrogen and oxygen atoms in total. The van der Waals surface area contributed by atoms with Gasteiger partial charge in [-0.05, 0) is 42.7 Å². The lowest BCUT2D eigenvalue weighted by molar-refractivity contribution is 0.00980. The van der Waals surface area contributed by atoms with Crippen molar-refractivity contribution in [1.82, 2.24) is 0 Å². The van der Waals surface area contributed by atoms with Crippen LogP contribution < -0.4 is 5.32 Å². The molecule has 0 radical (unpaired) electrons. The number of benzene rings is 2. The van der Waals surface area contributed by atoms with Crippen molar-refractivity contribution in [2.75, 3.05) is 17.7 Å². The Morgan fingerprint density at radius 1 is 1.08 bits per heavy atom. The van der Waals surface area contributed by atoms with Gasteiger partial charge in [0.1, 0.15) is 0 Å². The highest BCUT2D eigenvalue weighted by Crippen LogP contribution is 2.29. The maximum absolute atomic E-state index is 11.9. The van der Waals surface area contributed by atoms with E-state index in [0.29, 0.717) is 10.9 Å². The number of hydrogen-bond donors (Lipinski definition) is 1. The minimum Gasteiger partial charge on any atom is -0.382 e. The third kappa shape index (κ3) is 3.97. The summed E-state index contributed by atoms with van der Waals surface area (Å²) >= 11 is 0. The molecular formula is C19H23NO3S. The van der Waals surface area contributed by atoms with Crippen LogP contribution in [0.25, 0.3) is 0 Å². The van der Waals surface area contributed by atoms with Crippen LogP contribution in [0.3, 0.4) is 0 Å². The maximum Gasteiger partial charge on any atom is 0.178 e. The Bertz CT molecular complexity index is 757. The van der Waals surface area contributed by atoms with Gasteiger partial charge < -0.3 is 10.1 Å². The normalized spacial score (nSPS) is 21.4. The van der Waals surface area contributed by atoms with Gasteiger partial charge in [-0.25, -0.2) is 8.42 Å². The molecule has 1 saturated heterocycles. The van der Waals surface area contributed by atoms with Gasteiger partial charge in [-0.3, -0.25) is 0 Å². The Balaban J connectivity index is 1.65. The third-order valence-corrected chi connectivity index (χ3v) is 6.17. The van der Waals surface area contributed by atoms with Gasteiger partial charge in [0.05, 0.1) is 16.8 Å². The number of ether oxygens (including phenoxy) is 1. The fraction of sp³-hybridized carbons (Fsp3) is 0.368. The van der Waals surface area contributed by atoms with Crippen LogP contribution in [0, 0.1) is 0 Å². The topological polar surface area (TPSA) is 55.4 Å². The molecule has 2 aromatic carbocycles. The van der Waals surface area contributed by atoms with Crippen molar-refractivity contribution >= 4 is 15.5 Å². The Labute approximate surface area is 143 Å². The van der Waals surface area contributed by atoms with Crippen LogP contribution >= 0.6 is 0 Å². The smallest absolute Gasteiger partial charge is 0.178 e. The van der Waals surface area contributed by atoms with Crippen molar-refractivity contribution in [3.05, 3.63) is 60.2 Å². The predicted molar refractivity (Wildman–Crippen MR) is 95.9 cm³/mol. The van der Waals surface area contributed by atoms with Gasteiger partial charge in [0.15, 0.2) is 9.84 Å². The lowest BCUT2D eigenvalue weighted by Gasteiger charge is -2.31. The van der Waals surface area contributed by atoms with Crippen molar-refractivity contribution in [3.63, 3.8) is 0 Å². The van der Waals surface area contributed by atoms with E-state index in [4.69, 9.17) is 4.74 Å². The molecule has 1 N–H and O–H groups in total. The lowest BCUT2D eigenvalue weighted by atomic mass is 9.97. The van der Waals surface area contributed by atoms with E-state index in [9.17, 15) is 8.42 Å². The predicted octanol–water partition coefficient (Wildman–Crippen LogP) is 3.81. The minimum absolute atomic E-state index is 0.109. The average Bonchev–Trinajstić information content (AvgIpc) is 2.63. The molecule has 0 saturated carbocycles. The van der Waals surface area contributed by atoms with Crippen molar-refractivity contribution in [2.24, 2.45) is 0 Å². The molecule has 0 unspecified atom stereocenters. The highest BCUT2D eigenvalue weighted by atomic mass is 32.2. The molecule has 2 aromatic rings. The van der Waals surface area contributed by atoms with Gasteiger partial charge in [-0.15, -0.1) is 0 Å². The molecule has 0 aromatic heterocycles. The Morgan fingerprint density at radius 2 is 1.79 bits per heavy atom. The molecule has 128 valence electrons. The first-order valence-corrected chi connectivity index (χ1v) is 9.99. The molecule has 1 fully saturated rings. The number of hydrogen-bond acceptors (Lipinski definition) is 4. The number of nitrogens with one attached hydrogen (secondary N) is 1. The Hall–Kier alpha value is -1.85. The van der Waals surface area contributed by atoms with Crippen LogP contribution in [0.15, 0.2) is 59.5 Å². The second-order valence-corrected chi connectivity index (χ2v) is 8.34. The minimum atomic E-state index is -3.14. The summed E-state index contributed by atoms with van der Waals surface area (Å²) in [5.74, 6) is 0.124. The summed E-state index contributed by atoms with van der Waals surface area (Å²) < 4.78 is 29.6. The zero-order chi connectivity index (χ0) is 17.0. The summed E-state index contributed by atoms with van der Waals surface area (Å²) in [6.07, 6.45) is 1.95. The van der Waals surface area contributed by atoms with Crippen molar-refractivity contribution in [2.45, 2.75) is 36.8 Å². The van der Waals surface area contributed by atoms with Crippen LogP contribution in [-0.2, 0) is 14.6 Å². The van der Waals surface area contributed by atoms with Crippen LogP contribution in [-0.4, -0.2) is 26.8 Å². The van der Waals surface area contributed by atoms with Gasteiger partial charge in [-0.1, -0.05) is 37.3 Å². The molecule has 0 bridgehead atoms. The SMILES string of the molecule is CCS(=O)(=O)c1ccc(N[C@@H]2CCO[C@H](c3ccccc3)C2)cc1. The monoisotopic (exact) mass is 345 g/mol. The van der Waals surface area contributed by atoms with E-state index in [1.165, 1.54) is 5.56 Å². The van der Waals surface area contributed by atoms with Gasteiger partial charge in [0.2, 0.25) is 0 Å². The van der Waals surface area contributed by atoms with E-state index in [1.807, 2.05) is 30.3 Å². The number of sulfone groups is 1. The number of rotatable bonds is 5. The fourth-order valence-electron chi connectivity index (χ4n) is 2.99. The first kappa shape index (κ1) is 17.0. The zero-order valence-electron chi connectivity index (χ0n) is 13.8. The molecule has 5 heteroatoms. The lowest BCUT2D eigenvalue weighted by Crippen LogP contribution is -2.30. The summed E-state index contributed by atoms with van der Waals surface area (Å²) in [4.78, 5) is 0.379. The summed E-state index contributed by atoms with van der Waals surface area (Å²) in [6, 6.07) is 17.6. The molecule has 3 rings (SSSR count). The van der Waals surface area contributed by atoms with Crippen LogP contribution in [0.5, 0.6) is 0 Å². The first-order valence-electron chi connectivity index (χ1n) is 8.34. The van der Waals surface area contributed by atoms with E-state index in [-0.39, 0.29) is 11.9 Å². The van der Waals surface area contributed by atoms with Crippen molar-refractivity contribution < 1.29 is 13.2 Å².